The first-order chi connectivity index (χ1) is 9.79. The van der Waals surface area contributed by atoms with Gasteiger partial charge in [-0.25, -0.2) is 0 Å². The summed E-state index contributed by atoms with van der Waals surface area (Å²) in [4.78, 5) is -0.0222. The average Bonchev–Trinajstić information content (AvgIpc) is 2.77. The summed E-state index contributed by atoms with van der Waals surface area (Å²) in [6.07, 6.45) is -5.19. The van der Waals surface area contributed by atoms with Gasteiger partial charge in [-0.1, -0.05) is 36.4 Å². The van der Waals surface area contributed by atoms with Gasteiger partial charge in [-0.2, -0.15) is 22.0 Å². The molecule has 0 N–H and O–H groups in total. The van der Waals surface area contributed by atoms with Crippen molar-refractivity contribution in [3.05, 3.63) is 53.6 Å². The molecule has 0 bridgehead atoms. The molecule has 1 aliphatic carbocycles. The molecule has 0 amide bonds. The summed E-state index contributed by atoms with van der Waals surface area (Å²) in [6.45, 7) is 0. The van der Waals surface area contributed by atoms with Crippen LogP contribution in [0.3, 0.4) is 0 Å². The largest absolute Gasteiger partial charge is 0.464 e. The maximum absolute atomic E-state index is 13.3. The Kier molecular flexibility index (Phi) is 3.24. The fraction of sp³-hybridized carbons (Fsp3) is 0.200. The lowest BCUT2D eigenvalue weighted by Gasteiger charge is -2.20. The zero-order valence-electron chi connectivity index (χ0n) is 10.5. The van der Waals surface area contributed by atoms with Gasteiger partial charge in [0.1, 0.15) is 0 Å². The van der Waals surface area contributed by atoms with Crippen molar-refractivity contribution in [1.29, 1.82) is 0 Å². The Hall–Kier alpha value is -1.56. The smallest absolute Gasteiger partial charge is 0.183 e. The van der Waals surface area contributed by atoms with Crippen LogP contribution in [-0.4, -0.2) is 11.4 Å². The van der Waals surface area contributed by atoms with E-state index in [0.29, 0.717) is 12.0 Å². The van der Waals surface area contributed by atoms with E-state index >= 15 is 0 Å². The molecule has 0 spiro atoms. The number of rotatable bonds is 2. The van der Waals surface area contributed by atoms with Gasteiger partial charge in [-0.05, 0) is 46.5 Å². The Morgan fingerprint density at radius 2 is 1.48 bits per heavy atom. The average molecular weight is 316 g/mol. The molecule has 0 radical (unpaired) electrons. The molecule has 0 nitrogen and oxygen atoms in total. The second-order valence-corrected chi connectivity index (χ2v) is 5.89. The molecule has 0 heterocycles. The van der Waals surface area contributed by atoms with Gasteiger partial charge in [0.2, 0.25) is 0 Å². The second kappa shape index (κ2) is 4.73. The van der Waals surface area contributed by atoms with Gasteiger partial charge in [-0.15, -0.1) is 0 Å². The highest BCUT2D eigenvalue weighted by molar-refractivity contribution is 8.00. The molecule has 21 heavy (non-hydrogen) atoms. The predicted octanol–water partition coefficient (Wildman–Crippen LogP) is 5.51. The molecule has 0 aliphatic heterocycles. The van der Waals surface area contributed by atoms with Crippen molar-refractivity contribution in [2.24, 2.45) is 0 Å². The molecular weight excluding hydrogens is 307 g/mol. The minimum Gasteiger partial charge on any atom is -0.183 e. The Morgan fingerprint density at radius 3 is 2.19 bits per heavy atom. The van der Waals surface area contributed by atoms with Gasteiger partial charge in [0.25, 0.3) is 0 Å². The van der Waals surface area contributed by atoms with Crippen LogP contribution < -0.4 is 0 Å². The van der Waals surface area contributed by atoms with E-state index in [9.17, 15) is 22.0 Å². The highest BCUT2D eigenvalue weighted by Gasteiger charge is 2.58. The molecule has 1 aliphatic rings. The summed E-state index contributed by atoms with van der Waals surface area (Å²) in [5, 5.41) is -4.79. The van der Waals surface area contributed by atoms with E-state index in [-0.39, 0.29) is 4.90 Å². The molecule has 0 aromatic heterocycles. The summed E-state index contributed by atoms with van der Waals surface area (Å²) in [5.74, 6) is 0. The number of halogens is 5. The van der Waals surface area contributed by atoms with E-state index in [1.54, 1.807) is 6.07 Å². The van der Waals surface area contributed by atoms with Crippen molar-refractivity contribution in [2.75, 3.05) is 0 Å². The molecule has 3 rings (SSSR count). The lowest BCUT2D eigenvalue weighted by atomic mass is 10.1. The van der Waals surface area contributed by atoms with Crippen molar-refractivity contribution in [2.45, 2.75) is 22.7 Å². The first-order valence-corrected chi connectivity index (χ1v) is 6.95. The van der Waals surface area contributed by atoms with Crippen molar-refractivity contribution in [1.82, 2.24) is 0 Å². The topological polar surface area (TPSA) is 0 Å². The monoisotopic (exact) mass is 316 g/mol. The predicted molar refractivity (Wildman–Crippen MR) is 71.5 cm³/mol. The van der Waals surface area contributed by atoms with Gasteiger partial charge in [0.05, 0.1) is 0 Å². The molecule has 110 valence electrons. The third kappa shape index (κ3) is 2.41. The lowest BCUT2D eigenvalue weighted by Crippen LogP contribution is -2.32. The summed E-state index contributed by atoms with van der Waals surface area (Å²) in [6, 6.07) is 11.9. The number of fused-ring (bicyclic) bond motifs is 3. The van der Waals surface area contributed by atoms with Crippen molar-refractivity contribution in [3.8, 4) is 11.1 Å². The fourth-order valence-corrected chi connectivity index (χ4v) is 3.26. The standard InChI is InChI=1S/C15H9F5S/c16-14(17,18)15(19,20)21-13-7-3-6-11-10-5-2-1-4-9(10)8-12(11)13/h1-7H,8H2. The highest BCUT2D eigenvalue weighted by Crippen LogP contribution is 2.50. The Bertz CT molecular complexity index is 691. The number of thioether (sulfide) groups is 1. The molecule has 2 aromatic rings. The van der Waals surface area contributed by atoms with Crippen LogP contribution in [0.25, 0.3) is 11.1 Å². The van der Waals surface area contributed by atoms with E-state index in [4.69, 9.17) is 0 Å². The van der Waals surface area contributed by atoms with Gasteiger partial charge < -0.3 is 0 Å². The number of hydrogen-bond acceptors (Lipinski definition) is 1. The van der Waals surface area contributed by atoms with Crippen LogP contribution in [0.2, 0.25) is 0 Å². The molecule has 6 heteroatoms. The summed E-state index contributed by atoms with van der Waals surface area (Å²) >= 11 is -0.430. The van der Waals surface area contributed by atoms with E-state index in [2.05, 4.69) is 0 Å². The zero-order valence-corrected chi connectivity index (χ0v) is 11.4. The Morgan fingerprint density at radius 1 is 0.810 bits per heavy atom. The minimum atomic E-state index is -5.56. The molecule has 0 atom stereocenters. The van der Waals surface area contributed by atoms with Crippen molar-refractivity contribution in [3.63, 3.8) is 0 Å². The molecular formula is C15H9F5S. The Balaban J connectivity index is 2.02. The fourth-order valence-electron chi connectivity index (χ4n) is 2.42. The SMILES string of the molecule is FC(F)(F)C(F)(F)Sc1cccc2c1Cc1ccccc1-2. The number of alkyl halides is 5. The normalized spacial score (nSPS) is 14.0. The first-order valence-electron chi connectivity index (χ1n) is 6.13. The van der Waals surface area contributed by atoms with Gasteiger partial charge >= 0.3 is 11.4 Å². The second-order valence-electron chi connectivity index (χ2n) is 4.73. The van der Waals surface area contributed by atoms with Crippen molar-refractivity contribution >= 4 is 11.8 Å². The lowest BCUT2D eigenvalue weighted by molar-refractivity contribution is -0.237. The van der Waals surface area contributed by atoms with Gasteiger partial charge in [0.15, 0.2) is 0 Å². The maximum atomic E-state index is 13.3. The molecule has 0 unspecified atom stereocenters. The van der Waals surface area contributed by atoms with Gasteiger partial charge in [0, 0.05) is 4.90 Å². The summed E-state index contributed by atoms with van der Waals surface area (Å²) in [5.41, 5.74) is 3.10. The van der Waals surface area contributed by atoms with E-state index < -0.39 is 23.2 Å². The summed E-state index contributed by atoms with van der Waals surface area (Å²) < 4.78 is 63.6. The van der Waals surface area contributed by atoms with E-state index in [1.807, 2.05) is 24.3 Å². The van der Waals surface area contributed by atoms with Crippen LogP contribution in [0.1, 0.15) is 11.1 Å². The third-order valence-electron chi connectivity index (χ3n) is 3.38. The number of benzene rings is 2. The van der Waals surface area contributed by atoms with E-state index in [1.165, 1.54) is 12.1 Å². The minimum absolute atomic E-state index is 0.0222. The van der Waals surface area contributed by atoms with Crippen LogP contribution in [-0.2, 0) is 6.42 Å². The molecule has 0 saturated heterocycles. The van der Waals surface area contributed by atoms with Crippen molar-refractivity contribution < 1.29 is 22.0 Å². The molecule has 2 aromatic carbocycles. The van der Waals surface area contributed by atoms with Crippen LogP contribution in [0.4, 0.5) is 22.0 Å². The zero-order chi connectivity index (χ0) is 15.3. The van der Waals surface area contributed by atoms with Crippen LogP contribution in [0, 0.1) is 0 Å². The number of hydrogen-bond donors (Lipinski definition) is 0. The quantitative estimate of drug-likeness (QED) is 0.444. The first kappa shape index (κ1) is 14.4. The maximum Gasteiger partial charge on any atom is 0.464 e. The molecule has 0 fully saturated rings. The van der Waals surface area contributed by atoms with Crippen LogP contribution >= 0.6 is 11.8 Å². The van der Waals surface area contributed by atoms with Gasteiger partial charge in [-0.3, -0.25) is 0 Å². The third-order valence-corrected chi connectivity index (χ3v) is 4.47. The highest BCUT2D eigenvalue weighted by atomic mass is 32.2. The summed E-state index contributed by atoms with van der Waals surface area (Å²) in [7, 11) is 0. The Labute approximate surface area is 122 Å². The van der Waals surface area contributed by atoms with Crippen LogP contribution in [0.15, 0.2) is 47.4 Å². The molecule has 0 saturated carbocycles. The van der Waals surface area contributed by atoms with E-state index in [0.717, 1.165) is 16.7 Å². The van der Waals surface area contributed by atoms with Crippen LogP contribution in [0.5, 0.6) is 0 Å².